The second-order valence-electron chi connectivity index (χ2n) is 5.55. The van der Waals surface area contributed by atoms with Crippen LogP contribution in [0.15, 0.2) is 78.9 Å². The number of carbonyl (C=O) groups is 1. The fourth-order valence-electron chi connectivity index (χ4n) is 2.83. The van der Waals surface area contributed by atoms with Gasteiger partial charge in [0.05, 0.1) is 5.56 Å². The number of hydrogen-bond acceptors (Lipinski definition) is 2. The largest absolute Gasteiger partial charge is 0.422 e. The smallest absolute Gasteiger partial charge is 0.343 e. The zero-order chi connectivity index (χ0) is 16.5. The molecule has 0 aromatic heterocycles. The summed E-state index contributed by atoms with van der Waals surface area (Å²) in [5, 5.41) is 3.12. The molecule has 4 aromatic carbocycles. The molecule has 4 aromatic rings. The van der Waals surface area contributed by atoms with Crippen LogP contribution in [0.4, 0.5) is 4.39 Å². The lowest BCUT2D eigenvalue weighted by Gasteiger charge is -2.12. The number of rotatable bonds is 2. The standard InChI is InChI=1S/C21H13FO2/c22-17-11-10-16-12-15-8-4-5-9-18(15)20(19(16)13-17)24-21(23)14-6-2-1-3-7-14/h1-13H. The molecule has 0 aliphatic rings. The van der Waals surface area contributed by atoms with Gasteiger partial charge in [-0.1, -0.05) is 48.5 Å². The van der Waals surface area contributed by atoms with Gasteiger partial charge in [-0.25, -0.2) is 9.18 Å². The molecule has 0 radical (unpaired) electrons. The van der Waals surface area contributed by atoms with Gasteiger partial charge in [-0.15, -0.1) is 0 Å². The van der Waals surface area contributed by atoms with Crippen molar-refractivity contribution in [3.05, 3.63) is 90.2 Å². The van der Waals surface area contributed by atoms with Crippen molar-refractivity contribution in [1.82, 2.24) is 0 Å². The Morgan fingerprint density at radius 3 is 2.29 bits per heavy atom. The number of ether oxygens (including phenoxy) is 1. The van der Waals surface area contributed by atoms with Gasteiger partial charge in [-0.05, 0) is 41.1 Å². The fourth-order valence-corrected chi connectivity index (χ4v) is 2.83. The number of esters is 1. The lowest BCUT2D eigenvalue weighted by molar-refractivity contribution is 0.0739. The summed E-state index contributed by atoms with van der Waals surface area (Å²) >= 11 is 0. The van der Waals surface area contributed by atoms with Gasteiger partial charge >= 0.3 is 5.97 Å². The highest BCUT2D eigenvalue weighted by molar-refractivity contribution is 6.07. The first-order valence-electron chi connectivity index (χ1n) is 7.60. The van der Waals surface area contributed by atoms with Crippen LogP contribution in [0.3, 0.4) is 0 Å². The average Bonchev–Trinajstić information content (AvgIpc) is 2.62. The summed E-state index contributed by atoms with van der Waals surface area (Å²) in [6.45, 7) is 0. The predicted molar refractivity (Wildman–Crippen MR) is 92.8 cm³/mol. The van der Waals surface area contributed by atoms with Gasteiger partial charge in [0.25, 0.3) is 0 Å². The molecule has 0 N–H and O–H groups in total. The molecule has 0 fully saturated rings. The summed E-state index contributed by atoms with van der Waals surface area (Å²) in [5.74, 6) is -0.441. The van der Waals surface area contributed by atoms with Gasteiger partial charge in [-0.3, -0.25) is 0 Å². The molecule has 0 aliphatic heterocycles. The van der Waals surface area contributed by atoms with Crippen molar-refractivity contribution in [2.24, 2.45) is 0 Å². The SMILES string of the molecule is O=C(Oc1c2ccccc2cc2ccc(F)cc12)c1ccccc1. The Hall–Kier alpha value is -3.20. The Balaban J connectivity index is 1.93. The van der Waals surface area contributed by atoms with E-state index in [4.69, 9.17) is 4.74 Å². The van der Waals surface area contributed by atoms with E-state index in [2.05, 4.69) is 0 Å². The van der Waals surface area contributed by atoms with E-state index in [1.54, 1.807) is 30.3 Å². The van der Waals surface area contributed by atoms with Gasteiger partial charge in [0.1, 0.15) is 11.6 Å². The second-order valence-corrected chi connectivity index (χ2v) is 5.55. The van der Waals surface area contributed by atoms with Crippen LogP contribution in [0.2, 0.25) is 0 Å². The molecule has 0 spiro atoms. The van der Waals surface area contributed by atoms with Crippen LogP contribution in [-0.4, -0.2) is 5.97 Å². The van der Waals surface area contributed by atoms with E-state index < -0.39 is 5.97 Å². The van der Waals surface area contributed by atoms with Crippen LogP contribution in [0.25, 0.3) is 21.5 Å². The first-order valence-corrected chi connectivity index (χ1v) is 7.60. The molecule has 0 bridgehead atoms. The van der Waals surface area contributed by atoms with Gasteiger partial charge in [-0.2, -0.15) is 0 Å². The van der Waals surface area contributed by atoms with Crippen LogP contribution < -0.4 is 4.74 Å². The van der Waals surface area contributed by atoms with E-state index in [0.29, 0.717) is 16.7 Å². The van der Waals surface area contributed by atoms with E-state index in [9.17, 15) is 9.18 Å². The minimum atomic E-state index is -0.461. The molecule has 2 nitrogen and oxygen atoms in total. The molecular weight excluding hydrogens is 303 g/mol. The van der Waals surface area contributed by atoms with Crippen LogP contribution in [0, 0.1) is 5.82 Å². The number of halogens is 1. The van der Waals surface area contributed by atoms with Crippen molar-refractivity contribution in [3.63, 3.8) is 0 Å². The molecule has 0 atom stereocenters. The minimum Gasteiger partial charge on any atom is -0.422 e. The van der Waals surface area contributed by atoms with Crippen molar-refractivity contribution >= 4 is 27.5 Å². The molecule has 4 rings (SSSR count). The molecule has 0 amide bonds. The lowest BCUT2D eigenvalue weighted by atomic mass is 10.0. The fraction of sp³-hybridized carbons (Fsp3) is 0. The third-order valence-corrected chi connectivity index (χ3v) is 3.98. The van der Waals surface area contributed by atoms with E-state index >= 15 is 0 Å². The van der Waals surface area contributed by atoms with E-state index in [1.165, 1.54) is 12.1 Å². The van der Waals surface area contributed by atoms with Gasteiger partial charge in [0.15, 0.2) is 0 Å². The highest BCUT2D eigenvalue weighted by atomic mass is 19.1. The molecule has 116 valence electrons. The maximum absolute atomic E-state index is 13.7. The van der Waals surface area contributed by atoms with Crippen molar-refractivity contribution < 1.29 is 13.9 Å². The first kappa shape index (κ1) is 14.4. The number of carbonyl (C=O) groups excluding carboxylic acids is 1. The van der Waals surface area contributed by atoms with Crippen molar-refractivity contribution in [2.45, 2.75) is 0 Å². The van der Waals surface area contributed by atoms with Crippen molar-refractivity contribution in [2.75, 3.05) is 0 Å². The zero-order valence-corrected chi connectivity index (χ0v) is 12.7. The predicted octanol–water partition coefficient (Wildman–Crippen LogP) is 5.35. The summed E-state index contributed by atoms with van der Waals surface area (Å²) in [6, 6.07) is 22.8. The maximum atomic E-state index is 13.7. The van der Waals surface area contributed by atoms with Gasteiger partial charge in [0.2, 0.25) is 0 Å². The first-order chi connectivity index (χ1) is 11.7. The molecule has 24 heavy (non-hydrogen) atoms. The third kappa shape index (κ3) is 2.50. The summed E-state index contributed by atoms with van der Waals surface area (Å²) in [5.41, 5.74) is 0.454. The molecule has 0 saturated heterocycles. The third-order valence-electron chi connectivity index (χ3n) is 3.98. The number of fused-ring (bicyclic) bond motifs is 2. The topological polar surface area (TPSA) is 26.3 Å². The monoisotopic (exact) mass is 316 g/mol. The van der Waals surface area contributed by atoms with Crippen molar-refractivity contribution in [1.29, 1.82) is 0 Å². The van der Waals surface area contributed by atoms with Gasteiger partial charge < -0.3 is 4.74 Å². The molecule has 3 heteroatoms. The van der Waals surface area contributed by atoms with E-state index in [0.717, 1.165) is 16.2 Å². The molecule has 0 heterocycles. The van der Waals surface area contributed by atoms with Crippen LogP contribution >= 0.6 is 0 Å². The Labute approximate surface area is 138 Å². The zero-order valence-electron chi connectivity index (χ0n) is 12.7. The Morgan fingerprint density at radius 2 is 1.46 bits per heavy atom. The molecular formula is C21H13FO2. The van der Waals surface area contributed by atoms with Crippen LogP contribution in [-0.2, 0) is 0 Å². The quantitative estimate of drug-likeness (QED) is 0.283. The number of benzene rings is 4. The Kier molecular flexibility index (Phi) is 3.47. The Morgan fingerprint density at radius 1 is 0.750 bits per heavy atom. The summed E-state index contributed by atoms with van der Waals surface area (Å²) < 4.78 is 19.4. The summed E-state index contributed by atoms with van der Waals surface area (Å²) in [4.78, 5) is 12.5. The average molecular weight is 316 g/mol. The van der Waals surface area contributed by atoms with Crippen LogP contribution in [0.5, 0.6) is 5.75 Å². The maximum Gasteiger partial charge on any atom is 0.343 e. The number of hydrogen-bond donors (Lipinski definition) is 0. The summed E-state index contributed by atoms with van der Waals surface area (Å²) in [7, 11) is 0. The molecule has 0 saturated carbocycles. The lowest BCUT2D eigenvalue weighted by Crippen LogP contribution is -2.09. The Bertz CT molecular complexity index is 1060. The van der Waals surface area contributed by atoms with E-state index in [-0.39, 0.29) is 5.82 Å². The normalized spacial score (nSPS) is 10.9. The van der Waals surface area contributed by atoms with Crippen LogP contribution in [0.1, 0.15) is 10.4 Å². The summed E-state index contributed by atoms with van der Waals surface area (Å²) in [6.07, 6.45) is 0. The minimum absolute atomic E-state index is 0.366. The van der Waals surface area contributed by atoms with Gasteiger partial charge in [0, 0.05) is 10.8 Å². The molecule has 0 aliphatic carbocycles. The van der Waals surface area contributed by atoms with Crippen molar-refractivity contribution in [3.8, 4) is 5.75 Å². The molecule has 0 unspecified atom stereocenters. The second kappa shape index (κ2) is 5.78. The highest BCUT2D eigenvalue weighted by Crippen LogP contribution is 2.35. The highest BCUT2D eigenvalue weighted by Gasteiger charge is 2.15. The van der Waals surface area contributed by atoms with E-state index in [1.807, 2.05) is 36.4 Å².